The maximum absolute atomic E-state index is 14.4. The Hall–Kier alpha value is -2.96. The highest BCUT2D eigenvalue weighted by Crippen LogP contribution is 2.47. The monoisotopic (exact) mass is 622 g/mol. The van der Waals surface area contributed by atoms with E-state index in [0.717, 1.165) is 19.3 Å². The van der Waals surface area contributed by atoms with Crippen molar-refractivity contribution in [3.8, 4) is 0 Å². The number of hydrogen-bond acceptors (Lipinski definition) is 8. The van der Waals surface area contributed by atoms with Gasteiger partial charge in [-0.25, -0.2) is 10.0 Å². The Bertz CT molecular complexity index is 1070. The molecule has 0 saturated carbocycles. The number of allylic oxidation sites excluding steroid dienone is 1. The molecule has 1 aliphatic carbocycles. The second-order valence-corrected chi connectivity index (χ2v) is 12.6. The van der Waals surface area contributed by atoms with Gasteiger partial charge < -0.3 is 31.2 Å². The number of nitrogens with zero attached hydrogens (tertiary/aromatic N) is 1. The molecular formula is C32H56N5O7+. The SMILES string of the molecule is CCCCNC(=O)CCC[C@H](CCCNC(=O)CCC)C(=O)[N@+]1(O)C[C@@H](C)OC2=C1C(N)=CC(C)(C)[C@H]2C(=O)NCCOC. The summed E-state index contributed by atoms with van der Waals surface area (Å²) >= 11 is 0. The maximum atomic E-state index is 14.4. The van der Waals surface area contributed by atoms with Gasteiger partial charge in [0.1, 0.15) is 12.0 Å². The van der Waals surface area contributed by atoms with Gasteiger partial charge in [0.15, 0.2) is 12.3 Å². The van der Waals surface area contributed by atoms with Crippen LogP contribution in [0.25, 0.3) is 0 Å². The molecule has 0 fully saturated rings. The molecule has 1 aliphatic heterocycles. The van der Waals surface area contributed by atoms with Crippen molar-refractivity contribution < 1.29 is 38.5 Å². The largest absolute Gasteiger partial charge is 0.482 e. The lowest BCUT2D eigenvalue weighted by molar-refractivity contribution is -1.01. The molecule has 12 heteroatoms. The van der Waals surface area contributed by atoms with Crippen LogP contribution >= 0.6 is 0 Å². The molecule has 4 atom stereocenters. The molecule has 0 saturated heterocycles. The Morgan fingerprint density at radius 1 is 1.02 bits per heavy atom. The van der Waals surface area contributed by atoms with Gasteiger partial charge in [0.2, 0.25) is 23.4 Å². The Morgan fingerprint density at radius 2 is 1.66 bits per heavy atom. The van der Waals surface area contributed by atoms with Gasteiger partial charge in [-0.05, 0) is 51.5 Å². The van der Waals surface area contributed by atoms with Gasteiger partial charge in [-0.3, -0.25) is 14.4 Å². The first-order valence-corrected chi connectivity index (χ1v) is 16.2. The molecule has 250 valence electrons. The van der Waals surface area contributed by atoms with Gasteiger partial charge in [0.25, 0.3) is 0 Å². The number of carbonyl (C=O) groups excluding carboxylic acids is 4. The summed E-state index contributed by atoms with van der Waals surface area (Å²) in [6, 6.07) is 0. The second kappa shape index (κ2) is 17.5. The number of methoxy groups -OCH3 is 1. The second-order valence-electron chi connectivity index (χ2n) is 12.6. The number of hydroxylamine groups is 3. The number of carbonyl (C=O) groups is 4. The highest BCUT2D eigenvalue weighted by atomic mass is 16.6. The van der Waals surface area contributed by atoms with E-state index in [2.05, 4.69) is 22.9 Å². The van der Waals surface area contributed by atoms with Crippen LogP contribution in [0, 0.1) is 17.3 Å². The van der Waals surface area contributed by atoms with Crippen LogP contribution in [0.2, 0.25) is 0 Å². The van der Waals surface area contributed by atoms with Crippen molar-refractivity contribution >= 4 is 23.6 Å². The molecule has 44 heavy (non-hydrogen) atoms. The summed E-state index contributed by atoms with van der Waals surface area (Å²) in [4.78, 5) is 52.2. The smallest absolute Gasteiger partial charge is 0.354 e. The van der Waals surface area contributed by atoms with E-state index in [1.165, 1.54) is 0 Å². The normalized spacial score (nSPS) is 23.1. The van der Waals surface area contributed by atoms with Crippen molar-refractivity contribution in [2.24, 2.45) is 23.0 Å². The quantitative estimate of drug-likeness (QED) is 0.0883. The Labute approximate surface area is 262 Å². The molecule has 0 aromatic carbocycles. The first kappa shape index (κ1) is 37.2. The first-order chi connectivity index (χ1) is 20.8. The van der Waals surface area contributed by atoms with Crippen LogP contribution in [-0.4, -0.2) is 79.5 Å². The number of quaternary nitrogens is 1. The molecule has 12 nitrogen and oxygen atoms in total. The van der Waals surface area contributed by atoms with Crippen LogP contribution in [0.15, 0.2) is 23.2 Å². The van der Waals surface area contributed by atoms with Crippen LogP contribution in [0.4, 0.5) is 0 Å². The summed E-state index contributed by atoms with van der Waals surface area (Å²) in [7, 11) is 1.55. The summed E-state index contributed by atoms with van der Waals surface area (Å²) in [6.45, 7) is 11.0. The van der Waals surface area contributed by atoms with Crippen molar-refractivity contribution in [3.63, 3.8) is 0 Å². The fourth-order valence-electron chi connectivity index (χ4n) is 6.03. The van der Waals surface area contributed by atoms with E-state index in [0.29, 0.717) is 58.3 Å². The lowest BCUT2D eigenvalue weighted by atomic mass is 9.72. The van der Waals surface area contributed by atoms with Crippen LogP contribution in [0.3, 0.4) is 0 Å². The number of unbranched alkanes of at least 4 members (excludes halogenated alkanes) is 1. The average Bonchev–Trinajstić information content (AvgIpc) is 2.93. The molecule has 2 rings (SSSR count). The number of hydrogen-bond donors (Lipinski definition) is 5. The standard InChI is InChI=1S/C32H55N5O7/c1-7-9-16-34-26(39)15-10-13-23(14-11-17-35-25(38)12-8-2)31(41)37(42)21-22(3)44-29-27(30(40)36-18-19-43-6)32(4,5)20-24(33)28(29)37/h20,22-23,27,42H,7-19,21,33H2,1-6H3,(H2-,34,35,36,38,39,40)/p+1/t22-,23-,27-,37+/m1/s1. The van der Waals surface area contributed by atoms with Crippen molar-refractivity contribution in [1.29, 1.82) is 0 Å². The van der Waals surface area contributed by atoms with E-state index in [1.54, 1.807) is 20.1 Å². The molecule has 2 aliphatic rings. The Morgan fingerprint density at radius 3 is 2.30 bits per heavy atom. The predicted octanol–water partition coefficient (Wildman–Crippen LogP) is 3.01. The average molecular weight is 623 g/mol. The summed E-state index contributed by atoms with van der Waals surface area (Å²) < 4.78 is 10.2. The topological polar surface area (TPSA) is 169 Å². The minimum Gasteiger partial charge on any atom is -0.482 e. The summed E-state index contributed by atoms with van der Waals surface area (Å²) in [5.74, 6) is -2.15. The zero-order chi connectivity index (χ0) is 32.9. The van der Waals surface area contributed by atoms with Crippen LogP contribution in [0.5, 0.6) is 0 Å². The molecule has 0 aromatic heterocycles. The van der Waals surface area contributed by atoms with Gasteiger partial charge in [0.05, 0.1) is 18.2 Å². The number of rotatable bonds is 18. The Balaban J connectivity index is 2.37. The third-order valence-corrected chi connectivity index (χ3v) is 8.18. The lowest BCUT2D eigenvalue weighted by Gasteiger charge is -2.45. The molecule has 0 bridgehead atoms. The van der Waals surface area contributed by atoms with Crippen molar-refractivity contribution in [2.45, 2.75) is 98.5 Å². The number of amides is 4. The van der Waals surface area contributed by atoms with Crippen molar-refractivity contribution in [1.82, 2.24) is 16.0 Å². The minimum absolute atomic E-state index is 0.0425. The van der Waals surface area contributed by atoms with Gasteiger partial charge in [0, 0.05) is 45.0 Å². The molecule has 1 heterocycles. The van der Waals surface area contributed by atoms with Crippen molar-refractivity contribution in [2.75, 3.05) is 39.9 Å². The minimum atomic E-state index is -1.09. The van der Waals surface area contributed by atoms with E-state index in [9.17, 15) is 24.4 Å². The zero-order valence-electron chi connectivity index (χ0n) is 27.6. The van der Waals surface area contributed by atoms with Crippen LogP contribution in [0.1, 0.15) is 92.4 Å². The van der Waals surface area contributed by atoms with E-state index in [1.807, 2.05) is 20.8 Å². The van der Waals surface area contributed by atoms with Gasteiger partial charge in [-0.15, -0.1) is 0 Å². The van der Waals surface area contributed by atoms with Crippen LogP contribution in [-0.2, 0) is 28.7 Å². The predicted molar refractivity (Wildman–Crippen MR) is 166 cm³/mol. The number of nitrogens with one attached hydrogen (secondary N) is 3. The fraction of sp³-hybridized carbons (Fsp3) is 0.750. The molecule has 0 spiro atoms. The van der Waals surface area contributed by atoms with E-state index in [4.69, 9.17) is 15.2 Å². The van der Waals surface area contributed by atoms with Gasteiger partial charge in [-0.2, -0.15) is 0 Å². The van der Waals surface area contributed by atoms with E-state index >= 15 is 0 Å². The number of nitrogens with two attached hydrogens (primary N) is 1. The third kappa shape index (κ3) is 10.0. The van der Waals surface area contributed by atoms with Crippen LogP contribution < -0.4 is 21.7 Å². The third-order valence-electron chi connectivity index (χ3n) is 8.18. The van der Waals surface area contributed by atoms with Gasteiger partial charge >= 0.3 is 5.91 Å². The number of ether oxygens (including phenoxy) is 2. The zero-order valence-corrected chi connectivity index (χ0v) is 27.6. The van der Waals surface area contributed by atoms with Gasteiger partial charge in [-0.1, -0.05) is 38.8 Å². The Kier molecular flexibility index (Phi) is 14.8. The van der Waals surface area contributed by atoms with E-state index in [-0.39, 0.29) is 47.8 Å². The van der Waals surface area contributed by atoms with E-state index < -0.39 is 33.9 Å². The van der Waals surface area contributed by atoms with Crippen molar-refractivity contribution in [3.05, 3.63) is 23.2 Å². The molecule has 4 amide bonds. The fourth-order valence-corrected chi connectivity index (χ4v) is 6.03. The molecular weight excluding hydrogens is 566 g/mol. The molecule has 0 unspecified atom stereocenters. The highest BCUT2D eigenvalue weighted by molar-refractivity contribution is 5.84. The summed E-state index contributed by atoms with van der Waals surface area (Å²) in [5.41, 5.74) is 6.06. The highest BCUT2D eigenvalue weighted by Gasteiger charge is 2.57. The summed E-state index contributed by atoms with van der Waals surface area (Å²) in [6.07, 6.45) is 6.19. The lowest BCUT2D eigenvalue weighted by Crippen LogP contribution is -2.61. The first-order valence-electron chi connectivity index (χ1n) is 16.2. The maximum Gasteiger partial charge on any atom is 0.354 e. The molecule has 0 radical (unpaired) electrons. The summed E-state index contributed by atoms with van der Waals surface area (Å²) in [5, 5.41) is 20.9. The molecule has 6 N–H and O–H groups in total. The molecule has 0 aromatic rings.